The van der Waals surface area contributed by atoms with Gasteiger partial charge in [0.2, 0.25) is 0 Å². The van der Waals surface area contributed by atoms with Gasteiger partial charge in [0, 0.05) is 18.8 Å². The van der Waals surface area contributed by atoms with E-state index in [1.165, 1.54) is 19.3 Å². The van der Waals surface area contributed by atoms with Gasteiger partial charge in [-0.05, 0) is 31.0 Å². The summed E-state index contributed by atoms with van der Waals surface area (Å²) in [5, 5.41) is 3.29. The summed E-state index contributed by atoms with van der Waals surface area (Å²) < 4.78 is 11.0. The van der Waals surface area contributed by atoms with Gasteiger partial charge in [0.25, 0.3) is 0 Å². The summed E-state index contributed by atoms with van der Waals surface area (Å²) >= 11 is 0. The van der Waals surface area contributed by atoms with E-state index in [2.05, 4.69) is 15.2 Å². The molecule has 2 aliphatic rings. The highest BCUT2D eigenvalue weighted by Crippen LogP contribution is 2.33. The second kappa shape index (κ2) is 6.68. The molecular weight excluding hydrogens is 292 g/mol. The van der Waals surface area contributed by atoms with Crippen LogP contribution in [0.5, 0.6) is 0 Å². The third-order valence-electron chi connectivity index (χ3n) is 4.71. The lowest BCUT2D eigenvalue weighted by atomic mass is 9.90. The van der Waals surface area contributed by atoms with Gasteiger partial charge in [0.15, 0.2) is 0 Å². The van der Waals surface area contributed by atoms with Crippen LogP contribution in [0.3, 0.4) is 0 Å². The fourth-order valence-electron chi connectivity index (χ4n) is 3.22. The average Bonchev–Trinajstić information content (AvgIpc) is 3.06. The molecule has 0 unspecified atom stereocenters. The first-order valence-corrected chi connectivity index (χ1v) is 8.33. The molecule has 0 bridgehead atoms. The van der Waals surface area contributed by atoms with Crippen LogP contribution in [0.4, 0.5) is 5.82 Å². The third kappa shape index (κ3) is 3.23. The number of hydrogen-bond acceptors (Lipinski definition) is 6. The minimum Gasteiger partial charge on any atom is -0.467 e. The minimum atomic E-state index is 0.166. The number of morpholine rings is 1. The van der Waals surface area contributed by atoms with Gasteiger partial charge in [0.05, 0.1) is 32.1 Å². The first-order chi connectivity index (χ1) is 11.4. The summed E-state index contributed by atoms with van der Waals surface area (Å²) in [6, 6.07) is 6.57. The fourth-order valence-corrected chi connectivity index (χ4v) is 3.22. The number of nitrogens with one attached hydrogen (secondary N) is 1. The van der Waals surface area contributed by atoms with E-state index in [9.17, 15) is 0 Å². The summed E-state index contributed by atoms with van der Waals surface area (Å²) in [4.78, 5) is 11.7. The van der Waals surface area contributed by atoms with E-state index in [1.54, 1.807) is 6.26 Å². The fraction of sp³-hybridized carbons (Fsp3) is 0.529. The van der Waals surface area contributed by atoms with Crippen molar-refractivity contribution in [3.8, 4) is 0 Å². The maximum Gasteiger partial charge on any atom is 0.150 e. The molecular formula is C17H22N4O2. The van der Waals surface area contributed by atoms with Crippen molar-refractivity contribution in [1.82, 2.24) is 14.9 Å². The van der Waals surface area contributed by atoms with Gasteiger partial charge in [-0.15, -0.1) is 0 Å². The molecule has 0 spiro atoms. The van der Waals surface area contributed by atoms with Crippen LogP contribution in [0.2, 0.25) is 0 Å². The van der Waals surface area contributed by atoms with Crippen molar-refractivity contribution in [2.75, 3.05) is 25.1 Å². The number of anilines is 1. The van der Waals surface area contributed by atoms with Crippen molar-refractivity contribution < 1.29 is 9.15 Å². The van der Waals surface area contributed by atoms with E-state index >= 15 is 0 Å². The SMILES string of the molecule is c1coc(CNc2ccnc([C@@H]3COCCN3C3CCC3)n2)c1. The highest BCUT2D eigenvalue weighted by Gasteiger charge is 2.35. The Bertz CT molecular complexity index is 627. The van der Waals surface area contributed by atoms with E-state index in [4.69, 9.17) is 14.1 Å². The van der Waals surface area contributed by atoms with Crippen molar-refractivity contribution in [3.05, 3.63) is 42.2 Å². The molecule has 1 atom stereocenters. The second-order valence-electron chi connectivity index (χ2n) is 6.15. The summed E-state index contributed by atoms with van der Waals surface area (Å²) in [5.74, 6) is 2.56. The molecule has 2 fully saturated rings. The molecule has 0 amide bonds. The molecule has 2 aromatic heterocycles. The zero-order valence-corrected chi connectivity index (χ0v) is 13.1. The Labute approximate surface area is 135 Å². The molecule has 6 heteroatoms. The monoisotopic (exact) mass is 314 g/mol. The molecule has 4 rings (SSSR count). The van der Waals surface area contributed by atoms with Gasteiger partial charge in [-0.1, -0.05) is 6.42 Å². The van der Waals surface area contributed by atoms with Gasteiger partial charge in [0.1, 0.15) is 17.4 Å². The topological polar surface area (TPSA) is 63.4 Å². The Morgan fingerprint density at radius 2 is 2.26 bits per heavy atom. The summed E-state index contributed by atoms with van der Waals surface area (Å²) in [7, 11) is 0. The number of aromatic nitrogens is 2. The number of nitrogens with zero attached hydrogens (tertiary/aromatic N) is 3. The van der Waals surface area contributed by atoms with Crippen molar-refractivity contribution in [1.29, 1.82) is 0 Å². The molecule has 1 saturated heterocycles. The first kappa shape index (κ1) is 14.7. The summed E-state index contributed by atoms with van der Waals surface area (Å²) in [6.45, 7) is 3.08. The van der Waals surface area contributed by atoms with Gasteiger partial charge in [-0.3, -0.25) is 4.90 Å². The van der Waals surface area contributed by atoms with Gasteiger partial charge in [-0.2, -0.15) is 0 Å². The Hall–Kier alpha value is -1.92. The highest BCUT2D eigenvalue weighted by atomic mass is 16.5. The van der Waals surface area contributed by atoms with Crippen molar-refractivity contribution in [2.45, 2.75) is 37.9 Å². The van der Waals surface area contributed by atoms with Crippen LogP contribution < -0.4 is 5.32 Å². The number of hydrogen-bond donors (Lipinski definition) is 1. The molecule has 6 nitrogen and oxygen atoms in total. The minimum absolute atomic E-state index is 0.166. The van der Waals surface area contributed by atoms with Gasteiger partial charge < -0.3 is 14.5 Å². The van der Waals surface area contributed by atoms with Crippen LogP contribution in [0.15, 0.2) is 35.1 Å². The molecule has 23 heavy (non-hydrogen) atoms. The lowest BCUT2D eigenvalue weighted by molar-refractivity contribution is -0.0496. The molecule has 0 aromatic carbocycles. The van der Waals surface area contributed by atoms with Crippen LogP contribution >= 0.6 is 0 Å². The molecule has 1 aliphatic heterocycles. The predicted octanol–water partition coefficient (Wildman–Crippen LogP) is 2.61. The molecule has 3 heterocycles. The first-order valence-electron chi connectivity index (χ1n) is 8.33. The average molecular weight is 314 g/mol. The van der Waals surface area contributed by atoms with Crippen molar-refractivity contribution in [3.63, 3.8) is 0 Å². The Balaban J connectivity index is 1.47. The molecule has 2 aromatic rings. The maximum absolute atomic E-state index is 5.69. The Morgan fingerprint density at radius 1 is 1.30 bits per heavy atom. The van der Waals surface area contributed by atoms with E-state index in [-0.39, 0.29) is 6.04 Å². The van der Waals surface area contributed by atoms with E-state index < -0.39 is 0 Å². The summed E-state index contributed by atoms with van der Waals surface area (Å²) in [5.41, 5.74) is 0. The van der Waals surface area contributed by atoms with Crippen molar-refractivity contribution >= 4 is 5.82 Å². The van der Waals surface area contributed by atoms with E-state index in [0.29, 0.717) is 19.2 Å². The lowest BCUT2D eigenvalue weighted by Crippen LogP contribution is -2.49. The van der Waals surface area contributed by atoms with Crippen LogP contribution in [-0.4, -0.2) is 40.7 Å². The van der Waals surface area contributed by atoms with Crippen LogP contribution in [0, 0.1) is 0 Å². The maximum atomic E-state index is 5.69. The van der Waals surface area contributed by atoms with Crippen LogP contribution in [0.1, 0.15) is 36.9 Å². The lowest BCUT2D eigenvalue weighted by Gasteiger charge is -2.44. The zero-order valence-electron chi connectivity index (χ0n) is 13.1. The quantitative estimate of drug-likeness (QED) is 0.915. The summed E-state index contributed by atoms with van der Waals surface area (Å²) in [6.07, 6.45) is 7.40. The molecule has 1 N–H and O–H groups in total. The normalized spacial score (nSPS) is 22.7. The Morgan fingerprint density at radius 3 is 3.04 bits per heavy atom. The number of ether oxygens (including phenoxy) is 1. The van der Waals surface area contributed by atoms with Crippen molar-refractivity contribution in [2.24, 2.45) is 0 Å². The molecule has 122 valence electrons. The number of furan rings is 1. The second-order valence-corrected chi connectivity index (χ2v) is 6.15. The molecule has 1 aliphatic carbocycles. The standard InChI is InChI=1S/C17H22N4O2/c1-3-13(4-1)21-8-10-22-12-15(21)17-18-7-6-16(20-17)19-11-14-5-2-9-23-14/h2,5-7,9,13,15H,1,3-4,8,10-12H2,(H,18,19,20)/t15-/m0/s1. The van der Waals surface area contributed by atoms with Gasteiger partial charge in [-0.25, -0.2) is 9.97 Å². The smallest absolute Gasteiger partial charge is 0.150 e. The van der Waals surface area contributed by atoms with Crippen LogP contribution in [0.25, 0.3) is 0 Å². The van der Waals surface area contributed by atoms with Crippen LogP contribution in [-0.2, 0) is 11.3 Å². The molecule has 0 radical (unpaired) electrons. The largest absolute Gasteiger partial charge is 0.467 e. The third-order valence-corrected chi connectivity index (χ3v) is 4.71. The Kier molecular flexibility index (Phi) is 4.26. The highest BCUT2D eigenvalue weighted by molar-refractivity contribution is 5.33. The number of rotatable bonds is 5. The van der Waals surface area contributed by atoms with Gasteiger partial charge >= 0.3 is 0 Å². The molecule has 1 saturated carbocycles. The van der Waals surface area contributed by atoms with E-state index in [0.717, 1.165) is 30.6 Å². The van der Waals surface area contributed by atoms with E-state index in [1.807, 2.05) is 24.4 Å². The predicted molar refractivity (Wildman–Crippen MR) is 86.0 cm³/mol. The zero-order chi connectivity index (χ0) is 15.5.